The number of hydrogen-bond acceptors (Lipinski definition) is 5. The third kappa shape index (κ3) is 5.49. The van der Waals surface area contributed by atoms with Crippen LogP contribution in [0.25, 0.3) is 17.3 Å². The summed E-state index contributed by atoms with van der Waals surface area (Å²) in [7, 11) is 1.58. The topological polar surface area (TPSA) is 60.5 Å². The molecule has 1 heterocycles. The highest BCUT2D eigenvalue weighted by atomic mass is 79.9. The Labute approximate surface area is 188 Å². The summed E-state index contributed by atoms with van der Waals surface area (Å²) >= 11 is 4.89. The number of hydrogen-bond donors (Lipinski definition) is 1. The van der Waals surface area contributed by atoms with Crippen molar-refractivity contribution in [3.63, 3.8) is 0 Å². The van der Waals surface area contributed by atoms with Crippen molar-refractivity contribution in [3.8, 4) is 22.8 Å². The number of amides is 1. The molecule has 0 bridgehead atoms. The molecule has 3 aromatic rings. The summed E-state index contributed by atoms with van der Waals surface area (Å²) in [5.41, 5.74) is 3.98. The zero-order valence-corrected chi connectivity index (χ0v) is 19.5. The van der Waals surface area contributed by atoms with Crippen LogP contribution in [0.3, 0.4) is 0 Å². The minimum absolute atomic E-state index is 0.249. The third-order valence-corrected chi connectivity index (χ3v) is 5.71. The normalized spacial score (nSPS) is 10.9. The quantitative estimate of drug-likeness (QED) is 0.385. The molecule has 30 heavy (non-hydrogen) atoms. The van der Waals surface area contributed by atoms with Gasteiger partial charge in [-0.3, -0.25) is 10.1 Å². The average molecular weight is 487 g/mol. The van der Waals surface area contributed by atoms with Crippen LogP contribution < -0.4 is 14.8 Å². The number of thiazole rings is 1. The van der Waals surface area contributed by atoms with Crippen molar-refractivity contribution >= 4 is 44.4 Å². The second-order valence-corrected chi connectivity index (χ2v) is 8.09. The maximum absolute atomic E-state index is 12.3. The Hall–Kier alpha value is -2.64. The van der Waals surface area contributed by atoms with Crippen LogP contribution >= 0.6 is 27.3 Å². The second-order valence-electron chi connectivity index (χ2n) is 6.38. The molecule has 1 aromatic heterocycles. The van der Waals surface area contributed by atoms with Crippen molar-refractivity contribution in [3.05, 3.63) is 63.5 Å². The van der Waals surface area contributed by atoms with E-state index < -0.39 is 0 Å². The standard InChI is InChI=1S/C23H23BrN2O3S/c1-4-15-6-9-17(10-7-15)19-14-30-23(25-19)26-21(27)11-8-16-12-18(24)22(29-5-2)20(13-16)28-3/h6-14H,4-5H2,1-3H3,(H,25,26,27)/b11-8+. The molecular formula is C23H23BrN2O3S. The van der Waals surface area contributed by atoms with Gasteiger partial charge in [0.1, 0.15) is 0 Å². The summed E-state index contributed by atoms with van der Waals surface area (Å²) in [6, 6.07) is 12.0. The molecule has 156 valence electrons. The summed E-state index contributed by atoms with van der Waals surface area (Å²) in [5.74, 6) is 0.995. The van der Waals surface area contributed by atoms with Crippen LogP contribution in [0.2, 0.25) is 0 Å². The fourth-order valence-corrected chi connectivity index (χ4v) is 4.11. The number of halogens is 1. The first kappa shape index (κ1) is 22.1. The van der Waals surface area contributed by atoms with E-state index in [0.717, 1.165) is 27.7 Å². The molecule has 0 aliphatic rings. The zero-order valence-electron chi connectivity index (χ0n) is 17.1. The smallest absolute Gasteiger partial charge is 0.250 e. The Morgan fingerprint density at radius 1 is 1.23 bits per heavy atom. The number of benzene rings is 2. The van der Waals surface area contributed by atoms with Crippen molar-refractivity contribution in [2.75, 3.05) is 19.0 Å². The number of carbonyl (C=O) groups excluding carboxylic acids is 1. The van der Waals surface area contributed by atoms with E-state index in [1.54, 1.807) is 13.2 Å². The number of methoxy groups -OCH3 is 1. The third-order valence-electron chi connectivity index (χ3n) is 4.36. The van der Waals surface area contributed by atoms with Gasteiger partial charge in [0.15, 0.2) is 16.6 Å². The highest BCUT2D eigenvalue weighted by Gasteiger charge is 2.11. The summed E-state index contributed by atoms with van der Waals surface area (Å²) in [6.45, 7) is 4.57. The number of carbonyl (C=O) groups is 1. The van der Waals surface area contributed by atoms with E-state index in [4.69, 9.17) is 9.47 Å². The lowest BCUT2D eigenvalue weighted by Gasteiger charge is -2.12. The van der Waals surface area contributed by atoms with Gasteiger partial charge in [0, 0.05) is 17.0 Å². The fraction of sp³-hybridized carbons (Fsp3) is 0.217. The molecule has 0 aliphatic heterocycles. The predicted molar refractivity (Wildman–Crippen MR) is 126 cm³/mol. The zero-order chi connectivity index (χ0) is 21.5. The van der Waals surface area contributed by atoms with Gasteiger partial charge in [-0.25, -0.2) is 4.98 Å². The molecule has 7 heteroatoms. The molecule has 0 unspecified atom stereocenters. The summed E-state index contributed by atoms with van der Waals surface area (Å²) in [6.07, 6.45) is 4.19. The molecule has 3 rings (SSSR count). The summed E-state index contributed by atoms with van der Waals surface area (Å²) in [4.78, 5) is 16.8. The Kier molecular flexibility index (Phi) is 7.65. The molecule has 0 spiro atoms. The average Bonchev–Trinajstić information content (AvgIpc) is 3.22. The molecule has 0 fully saturated rings. The first-order valence-corrected chi connectivity index (χ1v) is 11.3. The van der Waals surface area contributed by atoms with Crippen LogP contribution in [0.15, 0.2) is 52.3 Å². The molecule has 0 atom stereocenters. The predicted octanol–water partition coefficient (Wildman–Crippen LogP) is 6.19. The van der Waals surface area contributed by atoms with E-state index >= 15 is 0 Å². The molecule has 5 nitrogen and oxygen atoms in total. The van der Waals surface area contributed by atoms with Crippen LogP contribution in [-0.2, 0) is 11.2 Å². The van der Waals surface area contributed by atoms with Gasteiger partial charge in [-0.1, -0.05) is 31.2 Å². The van der Waals surface area contributed by atoms with E-state index in [1.165, 1.54) is 23.0 Å². The first-order valence-electron chi connectivity index (χ1n) is 9.58. The number of nitrogens with zero attached hydrogens (tertiary/aromatic N) is 1. The first-order chi connectivity index (χ1) is 14.5. The van der Waals surface area contributed by atoms with Gasteiger partial charge in [0.2, 0.25) is 5.91 Å². The number of rotatable bonds is 8. The number of aryl methyl sites for hydroxylation is 1. The van der Waals surface area contributed by atoms with E-state index in [2.05, 4.69) is 57.4 Å². The largest absolute Gasteiger partial charge is 0.493 e. The lowest BCUT2D eigenvalue weighted by Crippen LogP contribution is -2.07. The van der Waals surface area contributed by atoms with Gasteiger partial charge < -0.3 is 9.47 Å². The number of ether oxygens (including phenoxy) is 2. The van der Waals surface area contributed by atoms with Crippen LogP contribution in [-0.4, -0.2) is 24.6 Å². The number of anilines is 1. The molecule has 2 aromatic carbocycles. The van der Waals surface area contributed by atoms with Crippen LogP contribution in [0.4, 0.5) is 5.13 Å². The van der Waals surface area contributed by atoms with Gasteiger partial charge in [0.25, 0.3) is 0 Å². The molecule has 0 radical (unpaired) electrons. The van der Waals surface area contributed by atoms with Crippen molar-refractivity contribution in [1.82, 2.24) is 4.98 Å². The maximum atomic E-state index is 12.3. The molecule has 0 saturated heterocycles. The minimum atomic E-state index is -0.249. The molecule has 0 aliphatic carbocycles. The lowest BCUT2D eigenvalue weighted by molar-refractivity contribution is -0.111. The van der Waals surface area contributed by atoms with Gasteiger partial charge in [-0.15, -0.1) is 11.3 Å². The highest BCUT2D eigenvalue weighted by molar-refractivity contribution is 9.10. The Morgan fingerprint density at radius 3 is 2.67 bits per heavy atom. The van der Waals surface area contributed by atoms with Crippen LogP contribution in [0.5, 0.6) is 11.5 Å². The maximum Gasteiger partial charge on any atom is 0.250 e. The minimum Gasteiger partial charge on any atom is -0.493 e. The molecule has 0 saturated carbocycles. The van der Waals surface area contributed by atoms with Crippen LogP contribution in [0.1, 0.15) is 25.0 Å². The van der Waals surface area contributed by atoms with Crippen LogP contribution in [0, 0.1) is 0 Å². The van der Waals surface area contributed by atoms with E-state index in [9.17, 15) is 4.79 Å². The molecular weight excluding hydrogens is 464 g/mol. The van der Waals surface area contributed by atoms with Crippen molar-refractivity contribution in [2.24, 2.45) is 0 Å². The Bertz CT molecular complexity index is 1050. The summed E-state index contributed by atoms with van der Waals surface area (Å²) in [5, 5.41) is 5.31. The number of nitrogens with one attached hydrogen (secondary N) is 1. The SMILES string of the molecule is CCOc1c(Br)cc(/C=C/C(=O)Nc2nc(-c3ccc(CC)cc3)cs2)cc1OC. The monoisotopic (exact) mass is 486 g/mol. The van der Waals surface area contributed by atoms with Gasteiger partial charge in [0.05, 0.1) is 23.9 Å². The second kappa shape index (κ2) is 10.4. The van der Waals surface area contributed by atoms with Crippen molar-refractivity contribution in [1.29, 1.82) is 0 Å². The van der Waals surface area contributed by atoms with E-state index in [-0.39, 0.29) is 5.91 Å². The van der Waals surface area contributed by atoms with Crippen molar-refractivity contribution < 1.29 is 14.3 Å². The van der Waals surface area contributed by atoms with E-state index in [0.29, 0.717) is 23.2 Å². The van der Waals surface area contributed by atoms with Crippen molar-refractivity contribution in [2.45, 2.75) is 20.3 Å². The Morgan fingerprint density at radius 2 is 2.00 bits per heavy atom. The van der Waals surface area contributed by atoms with Gasteiger partial charge >= 0.3 is 0 Å². The van der Waals surface area contributed by atoms with Gasteiger partial charge in [-0.2, -0.15) is 0 Å². The Balaban J connectivity index is 1.68. The number of aromatic nitrogens is 1. The van der Waals surface area contributed by atoms with Gasteiger partial charge in [-0.05, 0) is 58.6 Å². The highest BCUT2D eigenvalue weighted by Crippen LogP contribution is 2.37. The fourth-order valence-electron chi connectivity index (χ4n) is 2.81. The molecule has 1 amide bonds. The molecule has 1 N–H and O–H groups in total. The lowest BCUT2D eigenvalue weighted by atomic mass is 10.1. The van der Waals surface area contributed by atoms with E-state index in [1.807, 2.05) is 24.4 Å². The summed E-state index contributed by atoms with van der Waals surface area (Å²) < 4.78 is 11.7.